The predicted octanol–water partition coefficient (Wildman–Crippen LogP) is 3.20. The second-order valence-electron chi connectivity index (χ2n) is 9.62. The molecular formula is C27H29N3O4. The summed E-state index contributed by atoms with van der Waals surface area (Å²) in [4.78, 5) is 30.9. The minimum Gasteiger partial charge on any atom is -0.459 e. The minimum absolute atomic E-state index is 0.0656. The van der Waals surface area contributed by atoms with Crippen molar-refractivity contribution in [3.63, 3.8) is 0 Å². The van der Waals surface area contributed by atoms with Crippen LogP contribution in [0.15, 0.2) is 64.0 Å². The Morgan fingerprint density at radius 3 is 2.62 bits per heavy atom. The van der Waals surface area contributed by atoms with Crippen molar-refractivity contribution in [1.29, 1.82) is 0 Å². The van der Waals surface area contributed by atoms with E-state index in [4.69, 9.17) is 9.15 Å². The molecule has 7 heteroatoms. The lowest BCUT2D eigenvalue weighted by Gasteiger charge is -2.42. The van der Waals surface area contributed by atoms with Crippen LogP contribution in [0.4, 0.5) is 0 Å². The Morgan fingerprint density at radius 2 is 1.79 bits per heavy atom. The molecule has 0 radical (unpaired) electrons. The Bertz CT molecular complexity index is 1240. The molecule has 1 aromatic carbocycles. The van der Waals surface area contributed by atoms with E-state index in [1.807, 2.05) is 27.7 Å². The van der Waals surface area contributed by atoms with Crippen LogP contribution in [-0.2, 0) is 17.8 Å². The van der Waals surface area contributed by atoms with E-state index in [2.05, 4.69) is 23.1 Å². The van der Waals surface area contributed by atoms with Crippen LogP contribution in [0.5, 0.6) is 0 Å². The summed E-state index contributed by atoms with van der Waals surface area (Å²) in [5.41, 5.74) is 4.06. The normalized spacial score (nSPS) is 22.4. The molecule has 2 atom stereocenters. The summed E-state index contributed by atoms with van der Waals surface area (Å²) in [6.45, 7) is 6.06. The fraction of sp³-hybridized carbons (Fsp3) is 0.407. The van der Waals surface area contributed by atoms with Crippen molar-refractivity contribution in [2.75, 3.05) is 39.4 Å². The number of nitrogens with zero attached hydrogens (tertiary/aromatic N) is 3. The van der Waals surface area contributed by atoms with Gasteiger partial charge in [0.1, 0.15) is 0 Å². The summed E-state index contributed by atoms with van der Waals surface area (Å²) in [7, 11) is 0. The summed E-state index contributed by atoms with van der Waals surface area (Å²) in [5.74, 6) is 0.743. The van der Waals surface area contributed by atoms with Gasteiger partial charge in [0, 0.05) is 56.4 Å². The molecule has 176 valence electrons. The highest BCUT2D eigenvalue weighted by Gasteiger charge is 2.37. The van der Waals surface area contributed by atoms with Gasteiger partial charge in [0.15, 0.2) is 5.76 Å². The third-order valence-corrected chi connectivity index (χ3v) is 7.43. The average Bonchev–Trinajstić information content (AvgIpc) is 3.40. The second-order valence-corrected chi connectivity index (χ2v) is 9.62. The van der Waals surface area contributed by atoms with E-state index in [0.717, 1.165) is 56.1 Å². The minimum atomic E-state index is -0.0656. The van der Waals surface area contributed by atoms with Gasteiger partial charge in [-0.2, -0.15) is 0 Å². The number of benzene rings is 1. The van der Waals surface area contributed by atoms with Crippen molar-refractivity contribution < 1.29 is 13.9 Å². The zero-order chi connectivity index (χ0) is 23.1. The first-order valence-corrected chi connectivity index (χ1v) is 12.1. The predicted molar refractivity (Wildman–Crippen MR) is 128 cm³/mol. The maximum atomic E-state index is 13.7. The van der Waals surface area contributed by atoms with Crippen LogP contribution in [0.2, 0.25) is 0 Å². The number of furan rings is 1. The quantitative estimate of drug-likeness (QED) is 0.600. The number of piperidine rings is 1. The maximum absolute atomic E-state index is 13.7. The van der Waals surface area contributed by atoms with E-state index < -0.39 is 0 Å². The second kappa shape index (κ2) is 8.89. The number of amides is 1. The number of carbonyl (C=O) groups excluding carboxylic acids is 1. The Hall–Kier alpha value is -3.16. The number of hydrogen-bond acceptors (Lipinski definition) is 5. The van der Waals surface area contributed by atoms with Crippen molar-refractivity contribution in [2.45, 2.75) is 25.4 Å². The monoisotopic (exact) mass is 459 g/mol. The molecule has 0 aliphatic carbocycles. The summed E-state index contributed by atoms with van der Waals surface area (Å²) in [6, 6.07) is 15.8. The Morgan fingerprint density at radius 1 is 0.941 bits per heavy atom. The summed E-state index contributed by atoms with van der Waals surface area (Å²) >= 11 is 0. The van der Waals surface area contributed by atoms with Gasteiger partial charge in [-0.1, -0.05) is 24.3 Å². The zero-order valence-electron chi connectivity index (χ0n) is 19.2. The van der Waals surface area contributed by atoms with Gasteiger partial charge in [-0.05, 0) is 47.7 Å². The van der Waals surface area contributed by atoms with Crippen LogP contribution in [0, 0.1) is 5.92 Å². The number of fused-ring (bicyclic) bond motifs is 4. The number of carbonyl (C=O) groups is 1. The molecule has 2 fully saturated rings. The SMILES string of the molecule is O=C(c1ccco1)N1C[C@H]2C[C@H](C1)c1ccc(-c3ccccc3CN3CCOCC3)c(=O)n1C2. The molecule has 2 aromatic heterocycles. The molecule has 0 saturated carbocycles. The third kappa shape index (κ3) is 3.89. The molecule has 2 bridgehead atoms. The average molecular weight is 460 g/mol. The molecule has 5 heterocycles. The van der Waals surface area contributed by atoms with Crippen LogP contribution < -0.4 is 5.56 Å². The maximum Gasteiger partial charge on any atom is 0.289 e. The van der Waals surface area contributed by atoms with Crippen molar-refractivity contribution in [3.05, 3.63) is 82.2 Å². The summed E-state index contributed by atoms with van der Waals surface area (Å²) in [6.07, 6.45) is 2.54. The van der Waals surface area contributed by atoms with E-state index in [1.54, 1.807) is 12.1 Å². The van der Waals surface area contributed by atoms with Crippen molar-refractivity contribution in [3.8, 4) is 11.1 Å². The molecule has 2 saturated heterocycles. The van der Waals surface area contributed by atoms with Crippen LogP contribution in [0.3, 0.4) is 0 Å². The standard InChI is InChI=1S/C27H29N3O4/c31-26-23(22-5-2-1-4-20(22)17-28-9-12-33-13-10-28)7-8-24-21-14-19(16-30(24)26)15-29(18-21)27(32)25-6-3-11-34-25/h1-8,11,19,21H,9-10,12-18H2/t19-,21-/m1/s1. The molecule has 34 heavy (non-hydrogen) atoms. The molecule has 3 aromatic rings. The van der Waals surface area contributed by atoms with Crippen molar-refractivity contribution >= 4 is 5.91 Å². The van der Waals surface area contributed by atoms with Gasteiger partial charge in [0.05, 0.1) is 19.5 Å². The Balaban J connectivity index is 1.30. The fourth-order valence-corrected chi connectivity index (χ4v) is 5.79. The third-order valence-electron chi connectivity index (χ3n) is 7.43. The van der Waals surface area contributed by atoms with E-state index in [9.17, 15) is 9.59 Å². The molecule has 0 N–H and O–H groups in total. The molecule has 7 nitrogen and oxygen atoms in total. The van der Waals surface area contributed by atoms with Gasteiger partial charge in [0.25, 0.3) is 11.5 Å². The topological polar surface area (TPSA) is 67.9 Å². The van der Waals surface area contributed by atoms with E-state index in [0.29, 0.717) is 25.4 Å². The molecule has 0 unspecified atom stereocenters. The Labute approximate surface area is 198 Å². The first-order chi connectivity index (χ1) is 16.7. The van der Waals surface area contributed by atoms with Crippen molar-refractivity contribution in [1.82, 2.24) is 14.4 Å². The number of pyridine rings is 1. The highest BCUT2D eigenvalue weighted by atomic mass is 16.5. The van der Waals surface area contributed by atoms with Gasteiger partial charge < -0.3 is 18.6 Å². The van der Waals surface area contributed by atoms with Gasteiger partial charge >= 0.3 is 0 Å². The van der Waals surface area contributed by atoms with Gasteiger partial charge in [-0.15, -0.1) is 0 Å². The summed E-state index contributed by atoms with van der Waals surface area (Å²) in [5, 5.41) is 0. The zero-order valence-corrected chi connectivity index (χ0v) is 19.2. The highest BCUT2D eigenvalue weighted by molar-refractivity contribution is 5.91. The molecular weight excluding hydrogens is 430 g/mol. The number of likely N-dealkylation sites (tertiary alicyclic amines) is 1. The van der Waals surface area contributed by atoms with E-state index >= 15 is 0 Å². The Kier molecular flexibility index (Phi) is 5.59. The van der Waals surface area contributed by atoms with E-state index in [-0.39, 0.29) is 23.3 Å². The van der Waals surface area contributed by atoms with Crippen LogP contribution in [0.25, 0.3) is 11.1 Å². The van der Waals surface area contributed by atoms with Crippen LogP contribution >= 0.6 is 0 Å². The van der Waals surface area contributed by atoms with Gasteiger partial charge in [-0.25, -0.2) is 0 Å². The largest absolute Gasteiger partial charge is 0.459 e. The molecule has 3 aliphatic heterocycles. The number of morpholine rings is 1. The first kappa shape index (κ1) is 21.4. The number of hydrogen-bond donors (Lipinski definition) is 0. The van der Waals surface area contributed by atoms with Crippen LogP contribution in [0.1, 0.15) is 34.2 Å². The van der Waals surface area contributed by atoms with Gasteiger partial charge in [-0.3, -0.25) is 14.5 Å². The smallest absolute Gasteiger partial charge is 0.289 e. The molecule has 3 aliphatic rings. The number of aromatic nitrogens is 1. The lowest BCUT2D eigenvalue weighted by Crippen LogP contribution is -2.49. The molecule has 0 spiro atoms. The molecule has 6 rings (SSSR count). The fourth-order valence-electron chi connectivity index (χ4n) is 5.79. The lowest BCUT2D eigenvalue weighted by molar-refractivity contribution is 0.0342. The summed E-state index contributed by atoms with van der Waals surface area (Å²) < 4.78 is 12.8. The molecule has 1 amide bonds. The first-order valence-electron chi connectivity index (χ1n) is 12.1. The van der Waals surface area contributed by atoms with Crippen molar-refractivity contribution in [2.24, 2.45) is 5.92 Å². The number of ether oxygens (including phenoxy) is 1. The van der Waals surface area contributed by atoms with Crippen LogP contribution in [-0.4, -0.2) is 59.7 Å². The lowest BCUT2D eigenvalue weighted by atomic mass is 9.82. The number of rotatable bonds is 4. The van der Waals surface area contributed by atoms with Gasteiger partial charge in [0.2, 0.25) is 0 Å². The highest BCUT2D eigenvalue weighted by Crippen LogP contribution is 2.36. The van der Waals surface area contributed by atoms with E-state index in [1.165, 1.54) is 11.8 Å².